The molecule has 3 N–H and O–H groups in total. The number of benzene rings is 2. The first-order valence-corrected chi connectivity index (χ1v) is 7.82. The van der Waals surface area contributed by atoms with E-state index in [1.165, 1.54) is 5.56 Å². The van der Waals surface area contributed by atoms with Crippen LogP contribution in [-0.4, -0.2) is 12.5 Å². The standard InChI is InChI=1S/C19H22N2O.ClH/c20-17(16-9-5-2-6-10-16)14-21-18(22)19(11-12-19)13-15-7-3-1-4-8-15;/h1-10,17H,11-14,20H2,(H,21,22);1H. The summed E-state index contributed by atoms with van der Waals surface area (Å²) in [6, 6.07) is 20.0. The third kappa shape index (κ3) is 4.34. The lowest BCUT2D eigenvalue weighted by Gasteiger charge is -2.18. The summed E-state index contributed by atoms with van der Waals surface area (Å²) in [7, 11) is 0. The molecule has 2 aromatic rings. The Morgan fingerprint density at radius 2 is 1.61 bits per heavy atom. The molecule has 3 rings (SSSR count). The van der Waals surface area contributed by atoms with Gasteiger partial charge < -0.3 is 11.1 Å². The van der Waals surface area contributed by atoms with Crippen molar-refractivity contribution in [2.45, 2.75) is 25.3 Å². The fourth-order valence-corrected chi connectivity index (χ4v) is 2.83. The predicted octanol–water partition coefficient (Wildman–Crippen LogP) is 3.25. The van der Waals surface area contributed by atoms with Crippen molar-refractivity contribution in [1.82, 2.24) is 5.32 Å². The van der Waals surface area contributed by atoms with Gasteiger partial charge in [-0.1, -0.05) is 60.7 Å². The maximum Gasteiger partial charge on any atom is 0.226 e. The van der Waals surface area contributed by atoms with Crippen LogP contribution in [0.1, 0.15) is 30.0 Å². The fourth-order valence-electron chi connectivity index (χ4n) is 2.83. The van der Waals surface area contributed by atoms with E-state index in [4.69, 9.17) is 5.73 Å². The van der Waals surface area contributed by atoms with Crippen molar-refractivity contribution in [3.8, 4) is 0 Å². The highest BCUT2D eigenvalue weighted by Gasteiger charge is 2.49. The number of carbonyl (C=O) groups is 1. The van der Waals surface area contributed by atoms with E-state index in [0.717, 1.165) is 24.8 Å². The maximum absolute atomic E-state index is 12.5. The van der Waals surface area contributed by atoms with Gasteiger partial charge in [0, 0.05) is 12.6 Å². The summed E-state index contributed by atoms with van der Waals surface area (Å²) in [6.07, 6.45) is 2.75. The van der Waals surface area contributed by atoms with Crippen LogP contribution in [0.25, 0.3) is 0 Å². The zero-order chi connectivity index (χ0) is 15.4. The van der Waals surface area contributed by atoms with Crippen LogP contribution in [0.15, 0.2) is 60.7 Å². The molecule has 1 aliphatic rings. The van der Waals surface area contributed by atoms with Crippen LogP contribution in [0.5, 0.6) is 0 Å². The molecule has 1 aliphatic carbocycles. The summed E-state index contributed by atoms with van der Waals surface area (Å²) < 4.78 is 0. The van der Waals surface area contributed by atoms with E-state index >= 15 is 0 Å². The Balaban J connectivity index is 0.00000192. The van der Waals surface area contributed by atoms with Gasteiger partial charge in [-0.25, -0.2) is 0 Å². The molecule has 23 heavy (non-hydrogen) atoms. The number of nitrogens with two attached hydrogens (primary N) is 1. The summed E-state index contributed by atoms with van der Waals surface area (Å²) in [5.74, 6) is 0.141. The summed E-state index contributed by atoms with van der Waals surface area (Å²) >= 11 is 0. The number of carbonyl (C=O) groups excluding carboxylic acids is 1. The number of rotatable bonds is 6. The summed E-state index contributed by atoms with van der Waals surface area (Å²) in [6.45, 7) is 0.486. The van der Waals surface area contributed by atoms with E-state index in [2.05, 4.69) is 17.4 Å². The van der Waals surface area contributed by atoms with Gasteiger partial charge in [0.15, 0.2) is 0 Å². The minimum atomic E-state index is -0.211. The van der Waals surface area contributed by atoms with E-state index < -0.39 is 0 Å². The van der Waals surface area contributed by atoms with Crippen molar-refractivity contribution >= 4 is 18.3 Å². The molecule has 1 atom stereocenters. The molecule has 0 heterocycles. The van der Waals surface area contributed by atoms with Crippen LogP contribution >= 0.6 is 12.4 Å². The lowest BCUT2D eigenvalue weighted by atomic mass is 9.95. The molecular formula is C19H23ClN2O. The van der Waals surface area contributed by atoms with Crippen molar-refractivity contribution in [3.05, 3.63) is 71.8 Å². The smallest absolute Gasteiger partial charge is 0.226 e. The molecule has 1 amide bonds. The normalized spacial score (nSPS) is 16.0. The molecule has 0 aliphatic heterocycles. The second kappa shape index (κ2) is 7.62. The number of amides is 1. The molecule has 0 saturated heterocycles. The monoisotopic (exact) mass is 330 g/mol. The van der Waals surface area contributed by atoms with Gasteiger partial charge >= 0.3 is 0 Å². The van der Waals surface area contributed by atoms with Gasteiger partial charge in [0.1, 0.15) is 0 Å². The molecular weight excluding hydrogens is 308 g/mol. The highest BCUT2D eigenvalue weighted by molar-refractivity contribution is 5.86. The Morgan fingerprint density at radius 1 is 1.04 bits per heavy atom. The topological polar surface area (TPSA) is 55.1 Å². The molecule has 1 fully saturated rings. The van der Waals surface area contributed by atoms with Crippen molar-refractivity contribution in [2.24, 2.45) is 11.1 Å². The van der Waals surface area contributed by atoms with Crippen LogP contribution in [0.4, 0.5) is 0 Å². The predicted molar refractivity (Wildman–Crippen MR) is 95.4 cm³/mol. The van der Waals surface area contributed by atoms with Crippen LogP contribution in [-0.2, 0) is 11.2 Å². The first-order valence-electron chi connectivity index (χ1n) is 7.82. The molecule has 0 aromatic heterocycles. The highest BCUT2D eigenvalue weighted by Crippen LogP contribution is 2.48. The Morgan fingerprint density at radius 3 is 2.17 bits per heavy atom. The Labute approximate surface area is 143 Å². The average molecular weight is 331 g/mol. The lowest BCUT2D eigenvalue weighted by Crippen LogP contribution is -2.37. The highest BCUT2D eigenvalue weighted by atomic mass is 35.5. The number of hydrogen-bond acceptors (Lipinski definition) is 2. The van der Waals surface area contributed by atoms with Gasteiger partial charge in [-0.15, -0.1) is 12.4 Å². The zero-order valence-electron chi connectivity index (χ0n) is 13.1. The van der Waals surface area contributed by atoms with Gasteiger partial charge in [0.2, 0.25) is 5.91 Å². The Kier molecular flexibility index (Phi) is 5.80. The third-order valence-electron chi connectivity index (χ3n) is 4.43. The summed E-state index contributed by atoms with van der Waals surface area (Å²) in [5, 5.41) is 3.04. The van der Waals surface area contributed by atoms with E-state index in [0.29, 0.717) is 6.54 Å². The first kappa shape index (κ1) is 17.5. The largest absolute Gasteiger partial charge is 0.354 e. The number of halogens is 1. The molecule has 4 heteroatoms. The van der Waals surface area contributed by atoms with Gasteiger partial charge in [-0.05, 0) is 30.4 Å². The summed E-state index contributed by atoms with van der Waals surface area (Å²) in [5.41, 5.74) is 8.21. The molecule has 1 saturated carbocycles. The molecule has 3 nitrogen and oxygen atoms in total. The van der Waals surface area contributed by atoms with Crippen molar-refractivity contribution in [2.75, 3.05) is 6.54 Å². The maximum atomic E-state index is 12.5. The number of hydrogen-bond donors (Lipinski definition) is 2. The van der Waals surface area contributed by atoms with Crippen molar-refractivity contribution in [1.29, 1.82) is 0 Å². The molecule has 1 unspecified atom stereocenters. The average Bonchev–Trinajstić information content (AvgIpc) is 3.35. The van der Waals surface area contributed by atoms with Gasteiger partial charge in [0.05, 0.1) is 5.41 Å². The van der Waals surface area contributed by atoms with Crippen LogP contribution in [0.2, 0.25) is 0 Å². The van der Waals surface area contributed by atoms with E-state index in [-0.39, 0.29) is 29.8 Å². The van der Waals surface area contributed by atoms with Gasteiger partial charge in [-0.3, -0.25) is 4.79 Å². The minimum Gasteiger partial charge on any atom is -0.354 e. The minimum absolute atomic E-state index is 0. The molecule has 0 radical (unpaired) electrons. The van der Waals surface area contributed by atoms with Gasteiger partial charge in [0.25, 0.3) is 0 Å². The molecule has 0 spiro atoms. The fraction of sp³-hybridized carbons (Fsp3) is 0.316. The molecule has 0 bridgehead atoms. The Hall–Kier alpha value is -1.84. The van der Waals surface area contributed by atoms with Crippen LogP contribution in [0, 0.1) is 5.41 Å². The van der Waals surface area contributed by atoms with E-state index in [9.17, 15) is 4.79 Å². The van der Waals surface area contributed by atoms with E-state index in [1.807, 2.05) is 48.5 Å². The Bertz CT molecular complexity index is 626. The molecule has 122 valence electrons. The SMILES string of the molecule is Cl.NC(CNC(=O)C1(Cc2ccccc2)CC1)c1ccccc1. The van der Waals surface area contributed by atoms with Crippen molar-refractivity contribution in [3.63, 3.8) is 0 Å². The lowest BCUT2D eigenvalue weighted by molar-refractivity contribution is -0.126. The second-order valence-electron chi connectivity index (χ2n) is 6.17. The second-order valence-corrected chi connectivity index (χ2v) is 6.17. The third-order valence-corrected chi connectivity index (χ3v) is 4.43. The zero-order valence-corrected chi connectivity index (χ0v) is 13.9. The van der Waals surface area contributed by atoms with Gasteiger partial charge in [-0.2, -0.15) is 0 Å². The van der Waals surface area contributed by atoms with E-state index in [1.54, 1.807) is 0 Å². The quantitative estimate of drug-likeness (QED) is 0.854. The van der Waals surface area contributed by atoms with Crippen molar-refractivity contribution < 1.29 is 4.79 Å². The van der Waals surface area contributed by atoms with Crippen LogP contribution < -0.4 is 11.1 Å². The molecule has 2 aromatic carbocycles. The number of nitrogens with one attached hydrogen (secondary N) is 1. The first-order chi connectivity index (χ1) is 10.7. The van der Waals surface area contributed by atoms with Crippen LogP contribution in [0.3, 0.4) is 0 Å². The summed E-state index contributed by atoms with van der Waals surface area (Å²) in [4.78, 5) is 12.5.